The molecule has 0 saturated heterocycles. The first-order valence-corrected chi connectivity index (χ1v) is 9.66. The molecule has 0 aliphatic heterocycles. The number of halogens is 3. The van der Waals surface area contributed by atoms with Crippen molar-refractivity contribution < 1.29 is 24.6 Å². The van der Waals surface area contributed by atoms with Gasteiger partial charge in [0.2, 0.25) is 5.91 Å². The topological polar surface area (TPSA) is 128 Å². The average molecular weight is 672 g/mol. The molecule has 24 heavy (non-hydrogen) atoms. The van der Waals surface area contributed by atoms with Gasteiger partial charge in [0, 0.05) is 17.0 Å². The van der Waals surface area contributed by atoms with Crippen LogP contribution in [-0.2, 0) is 9.59 Å². The highest BCUT2D eigenvalue weighted by atomic mass is 127. The second-order valence-corrected chi connectivity index (χ2v) is 7.76. The number of carbonyl (C=O) groups excluding carboxylic acids is 3. The van der Waals surface area contributed by atoms with Gasteiger partial charge in [0.05, 0.1) is 30.4 Å². The average Bonchev–Trinajstić information content (AvgIpc) is 2.53. The Kier molecular flexibility index (Phi) is 9.10. The van der Waals surface area contributed by atoms with E-state index in [1.165, 1.54) is 6.92 Å². The molecule has 1 atom stereocenters. The van der Waals surface area contributed by atoms with E-state index in [1.807, 2.05) is 67.8 Å². The molecule has 132 valence electrons. The summed E-state index contributed by atoms with van der Waals surface area (Å²) < 4.78 is 1.52. The molecule has 5 N–H and O–H groups in total. The second-order valence-electron chi connectivity index (χ2n) is 4.52. The molecule has 0 aromatic heterocycles. The summed E-state index contributed by atoms with van der Waals surface area (Å²) in [7, 11) is 0. The first-order chi connectivity index (χ1) is 11.2. The maximum atomic E-state index is 12.5. The van der Waals surface area contributed by atoms with Crippen LogP contribution in [0, 0.1) is 10.7 Å². The molecular formula is C13H13I3N3O5-. The third-order valence-electron chi connectivity index (χ3n) is 2.73. The molecule has 0 saturated carbocycles. The van der Waals surface area contributed by atoms with Crippen LogP contribution in [0.5, 0.6) is 0 Å². The highest BCUT2D eigenvalue weighted by Crippen LogP contribution is 2.38. The normalized spacial score (nSPS) is 11.6. The molecule has 1 unspecified atom stereocenters. The van der Waals surface area contributed by atoms with E-state index < -0.39 is 18.6 Å². The molecule has 1 aromatic carbocycles. The lowest BCUT2D eigenvalue weighted by Crippen LogP contribution is -2.35. The van der Waals surface area contributed by atoms with Crippen LogP contribution in [0.25, 0.3) is 0 Å². The molecule has 3 amide bonds. The molecule has 8 nitrogen and oxygen atoms in total. The number of anilines is 2. The lowest BCUT2D eigenvalue weighted by atomic mass is 10.1. The summed E-state index contributed by atoms with van der Waals surface area (Å²) in [6, 6.07) is 0. The van der Waals surface area contributed by atoms with Gasteiger partial charge in [-0.1, -0.05) is 50.9 Å². The third-order valence-corrected chi connectivity index (χ3v) is 5.97. The summed E-state index contributed by atoms with van der Waals surface area (Å²) in [4.78, 5) is 34.6. The van der Waals surface area contributed by atoms with Gasteiger partial charge in [-0.2, -0.15) is 0 Å². The Morgan fingerprint density at radius 1 is 1.17 bits per heavy atom. The van der Waals surface area contributed by atoms with Crippen LogP contribution in [0.3, 0.4) is 0 Å². The van der Waals surface area contributed by atoms with Crippen molar-refractivity contribution in [3.05, 3.63) is 16.3 Å². The summed E-state index contributed by atoms with van der Waals surface area (Å²) in [5.74, 6) is -0.830. The fourth-order valence-electron chi connectivity index (χ4n) is 1.67. The number of benzene rings is 1. The van der Waals surface area contributed by atoms with Crippen molar-refractivity contribution in [1.29, 1.82) is 0 Å². The van der Waals surface area contributed by atoms with Crippen molar-refractivity contribution in [2.75, 3.05) is 23.8 Å². The van der Waals surface area contributed by atoms with Crippen molar-refractivity contribution in [2.45, 2.75) is 13.0 Å². The van der Waals surface area contributed by atoms with Gasteiger partial charge >= 0.3 is 0 Å². The predicted molar refractivity (Wildman–Crippen MR) is 114 cm³/mol. The Hall–Kier alpha value is -0.260. The number of aliphatic hydroxyl groups is 2. The maximum Gasteiger partial charge on any atom is 0.252 e. The number of carbonyl (C=O) groups is 2. The van der Waals surface area contributed by atoms with Gasteiger partial charge < -0.3 is 31.0 Å². The Balaban J connectivity index is 3.41. The monoisotopic (exact) mass is 672 g/mol. The van der Waals surface area contributed by atoms with Crippen LogP contribution in [0.4, 0.5) is 11.4 Å². The lowest BCUT2D eigenvalue weighted by molar-refractivity contribution is -0.114. The van der Waals surface area contributed by atoms with Gasteiger partial charge in [0.15, 0.2) is 0 Å². The Morgan fingerprint density at radius 2 is 1.75 bits per heavy atom. The fourth-order valence-corrected chi connectivity index (χ4v) is 5.87. The molecular weight excluding hydrogens is 659 g/mol. The minimum Gasteiger partial charge on any atom is -0.488 e. The van der Waals surface area contributed by atoms with Crippen LogP contribution in [0.2, 0.25) is 0 Å². The number of hydrogen-bond acceptors (Lipinski definition) is 5. The van der Waals surface area contributed by atoms with Gasteiger partial charge in [-0.3, -0.25) is 9.59 Å². The Labute approximate surface area is 178 Å². The minimum absolute atomic E-state index is 0.133. The van der Waals surface area contributed by atoms with Crippen LogP contribution >= 0.6 is 67.8 Å². The van der Waals surface area contributed by atoms with Crippen molar-refractivity contribution in [2.24, 2.45) is 0 Å². The van der Waals surface area contributed by atoms with Gasteiger partial charge in [0.25, 0.3) is 5.91 Å². The lowest BCUT2D eigenvalue weighted by Gasteiger charge is -2.24. The van der Waals surface area contributed by atoms with Crippen molar-refractivity contribution in [3.8, 4) is 0 Å². The first-order valence-electron chi connectivity index (χ1n) is 6.42. The first kappa shape index (κ1) is 21.8. The smallest absolute Gasteiger partial charge is 0.252 e. The molecule has 0 fully saturated rings. The van der Waals surface area contributed by atoms with Gasteiger partial charge in [-0.05, 0) is 29.7 Å². The zero-order valence-electron chi connectivity index (χ0n) is 12.2. The minimum atomic E-state index is -1.08. The number of rotatable bonds is 7. The zero-order chi connectivity index (χ0) is 18.4. The summed E-state index contributed by atoms with van der Waals surface area (Å²) >= 11 is 5.80. The molecule has 0 bridgehead atoms. The number of amides is 3. The summed E-state index contributed by atoms with van der Waals surface area (Å²) in [5, 5.41) is 25.7. The second kappa shape index (κ2) is 10.0. The molecule has 0 aliphatic rings. The predicted octanol–water partition coefficient (Wildman–Crippen LogP) is 1.02. The largest absolute Gasteiger partial charge is 0.488 e. The highest BCUT2D eigenvalue weighted by molar-refractivity contribution is 14.1. The molecule has 0 heterocycles. The van der Waals surface area contributed by atoms with Crippen LogP contribution in [-0.4, -0.2) is 47.7 Å². The van der Waals surface area contributed by atoms with E-state index in [1.54, 1.807) is 6.41 Å². The van der Waals surface area contributed by atoms with Crippen LogP contribution < -0.4 is 16.0 Å². The van der Waals surface area contributed by atoms with Crippen LogP contribution in [0.15, 0.2) is 0 Å². The van der Waals surface area contributed by atoms with Crippen molar-refractivity contribution in [1.82, 2.24) is 5.32 Å². The molecule has 1 aromatic rings. The van der Waals surface area contributed by atoms with Gasteiger partial charge in [-0.15, -0.1) is 0 Å². The Morgan fingerprint density at radius 3 is 2.25 bits per heavy atom. The van der Waals surface area contributed by atoms with E-state index in [2.05, 4.69) is 16.0 Å². The van der Waals surface area contributed by atoms with E-state index in [-0.39, 0.29) is 18.0 Å². The summed E-state index contributed by atoms with van der Waals surface area (Å²) in [6.45, 7) is 0.719. The number of hydrogen-bond donors (Lipinski definition) is 5. The summed E-state index contributed by atoms with van der Waals surface area (Å²) in [5.41, 5.74) is 0.987. The Bertz CT molecular complexity index is 669. The standard InChI is InChI=1S/C13H13I3N3O5/c1-5(22)19-12-9(15)7(13(24)17-2-6(23)3-20)8(14)11(10(12)16)18-4-21/h6,20,23H,2-3H2,1H3,(H,17,24)(H,18,21)(H,19,22)/q-1. The SMILES string of the molecule is CC(=O)Nc1c(I)c(N[C-]=O)c(I)c(C(=O)NCC(O)CO)c1I. The molecule has 11 heteroatoms. The van der Waals surface area contributed by atoms with E-state index in [0.717, 1.165) is 0 Å². The summed E-state index contributed by atoms with van der Waals surface area (Å²) in [6.07, 6.45) is 0.482. The zero-order valence-corrected chi connectivity index (χ0v) is 18.7. The van der Waals surface area contributed by atoms with E-state index in [4.69, 9.17) is 5.11 Å². The van der Waals surface area contributed by atoms with Crippen molar-refractivity contribution in [3.63, 3.8) is 0 Å². The van der Waals surface area contributed by atoms with E-state index in [0.29, 0.717) is 22.1 Å². The maximum absolute atomic E-state index is 12.5. The molecule has 1 rings (SSSR count). The van der Waals surface area contributed by atoms with Gasteiger partial charge in [-0.25, -0.2) is 0 Å². The number of aliphatic hydroxyl groups excluding tert-OH is 2. The fraction of sp³-hybridized carbons (Fsp3) is 0.308. The van der Waals surface area contributed by atoms with Crippen LogP contribution in [0.1, 0.15) is 17.3 Å². The van der Waals surface area contributed by atoms with Crippen molar-refractivity contribution >= 4 is 97.4 Å². The highest BCUT2D eigenvalue weighted by Gasteiger charge is 2.21. The molecule has 0 radical (unpaired) electrons. The quantitative estimate of drug-likeness (QED) is 0.168. The molecule has 0 aliphatic carbocycles. The number of nitrogens with one attached hydrogen (secondary N) is 3. The third kappa shape index (κ3) is 5.37. The van der Waals surface area contributed by atoms with E-state index in [9.17, 15) is 19.5 Å². The van der Waals surface area contributed by atoms with E-state index >= 15 is 0 Å². The van der Waals surface area contributed by atoms with Gasteiger partial charge in [0.1, 0.15) is 0 Å². The molecule has 0 spiro atoms.